The quantitative estimate of drug-likeness (QED) is 0.167. The molecule has 1 fully saturated rings. The van der Waals surface area contributed by atoms with Crippen molar-refractivity contribution in [2.45, 2.75) is 0 Å². The fourth-order valence-electron chi connectivity index (χ4n) is 3.00. The van der Waals surface area contributed by atoms with Gasteiger partial charge in [-0.3, -0.25) is 19.8 Å². The smallest absolute Gasteiger partial charge is 0.270 e. The van der Waals surface area contributed by atoms with Crippen molar-refractivity contribution in [1.82, 2.24) is 0 Å². The Morgan fingerprint density at radius 1 is 1.16 bits per heavy atom. The minimum absolute atomic E-state index is 0.110. The molecule has 162 valence electrons. The molecule has 7 nitrogen and oxygen atoms in total. The number of anilines is 1. The summed E-state index contributed by atoms with van der Waals surface area (Å²) in [6.07, 6.45) is 1.55. The molecule has 1 aromatic heterocycles. The molecular weight excluding hydrogens is 495 g/mol. The zero-order chi connectivity index (χ0) is 23.0. The van der Waals surface area contributed by atoms with Crippen LogP contribution in [-0.4, -0.2) is 22.3 Å². The monoisotopic (exact) mass is 506 g/mol. The number of non-ortho nitro benzene ring substituents is 1. The van der Waals surface area contributed by atoms with Crippen molar-refractivity contribution in [2.75, 3.05) is 12.0 Å². The van der Waals surface area contributed by atoms with Crippen molar-refractivity contribution in [1.29, 1.82) is 0 Å². The number of benzene rings is 2. The SMILES string of the molecule is COc1ccc(N2C(=O)/C(=C\c3ccc(-c4cc([N+](=O)[O-])ccc4Cl)o3)SC2=S)cc1Cl. The molecule has 2 aromatic carbocycles. The maximum Gasteiger partial charge on any atom is 0.270 e. The average Bonchev–Trinajstić information content (AvgIpc) is 3.32. The number of furan rings is 1. The lowest BCUT2D eigenvalue weighted by molar-refractivity contribution is -0.384. The van der Waals surface area contributed by atoms with Crippen molar-refractivity contribution < 1.29 is 18.9 Å². The second-order valence-corrected chi connectivity index (χ2v) is 8.95. The van der Waals surface area contributed by atoms with E-state index in [1.165, 1.54) is 30.2 Å². The molecule has 0 unspecified atom stereocenters. The molecule has 0 atom stereocenters. The second kappa shape index (κ2) is 8.95. The van der Waals surface area contributed by atoms with Crippen molar-refractivity contribution in [3.63, 3.8) is 0 Å². The first-order valence-electron chi connectivity index (χ1n) is 8.94. The standard InChI is InChI=1S/C21H12Cl2N2O5S2/c1-29-18-6-3-11(9-16(18)23)24-20(26)19(32-21(24)31)10-13-4-7-17(30-13)14-8-12(25(27)28)2-5-15(14)22/h2-10H,1H3/b19-10+. The highest BCUT2D eigenvalue weighted by Crippen LogP contribution is 2.39. The number of thiocarbonyl (C=S) groups is 1. The van der Waals surface area contributed by atoms with E-state index >= 15 is 0 Å². The minimum atomic E-state index is -0.513. The normalized spacial score (nSPS) is 15.0. The van der Waals surface area contributed by atoms with E-state index in [0.717, 1.165) is 11.8 Å². The summed E-state index contributed by atoms with van der Waals surface area (Å²) in [4.78, 5) is 25.2. The van der Waals surface area contributed by atoms with E-state index in [0.29, 0.717) is 47.8 Å². The van der Waals surface area contributed by atoms with E-state index < -0.39 is 4.92 Å². The Kier molecular flexibility index (Phi) is 6.25. The van der Waals surface area contributed by atoms with E-state index in [2.05, 4.69) is 0 Å². The number of hydrogen-bond acceptors (Lipinski definition) is 7. The van der Waals surface area contributed by atoms with Crippen LogP contribution in [0.3, 0.4) is 0 Å². The Morgan fingerprint density at radius 3 is 2.62 bits per heavy atom. The lowest BCUT2D eigenvalue weighted by atomic mass is 10.1. The van der Waals surface area contributed by atoms with E-state index in [-0.39, 0.29) is 11.6 Å². The van der Waals surface area contributed by atoms with Crippen LogP contribution in [-0.2, 0) is 4.79 Å². The number of ether oxygens (including phenoxy) is 1. The number of carbonyl (C=O) groups is 1. The molecule has 1 amide bonds. The van der Waals surface area contributed by atoms with Crippen molar-refractivity contribution in [2.24, 2.45) is 0 Å². The van der Waals surface area contributed by atoms with Crippen molar-refractivity contribution >= 4 is 74.9 Å². The van der Waals surface area contributed by atoms with Gasteiger partial charge >= 0.3 is 0 Å². The molecule has 0 radical (unpaired) electrons. The van der Waals surface area contributed by atoms with Gasteiger partial charge in [0.25, 0.3) is 11.6 Å². The van der Waals surface area contributed by atoms with E-state index in [4.69, 9.17) is 44.6 Å². The first-order valence-corrected chi connectivity index (χ1v) is 10.9. The van der Waals surface area contributed by atoms with Gasteiger partial charge in [-0.1, -0.05) is 47.2 Å². The number of methoxy groups -OCH3 is 1. The third-order valence-corrected chi connectivity index (χ3v) is 6.44. The summed E-state index contributed by atoms with van der Waals surface area (Å²) in [5.41, 5.74) is 0.785. The Hall–Kier alpha value is -2.85. The number of nitrogens with zero attached hydrogens (tertiary/aromatic N) is 2. The van der Waals surface area contributed by atoms with Gasteiger partial charge in [-0.25, -0.2) is 0 Å². The van der Waals surface area contributed by atoms with E-state index in [1.807, 2.05) is 0 Å². The van der Waals surface area contributed by atoms with Gasteiger partial charge in [0.1, 0.15) is 17.3 Å². The van der Waals surface area contributed by atoms with Crippen LogP contribution in [0.4, 0.5) is 11.4 Å². The molecule has 0 bridgehead atoms. The van der Waals surface area contributed by atoms with Gasteiger partial charge in [0.15, 0.2) is 4.32 Å². The summed E-state index contributed by atoms with van der Waals surface area (Å²) in [7, 11) is 1.50. The molecule has 0 saturated carbocycles. The molecule has 3 aromatic rings. The predicted molar refractivity (Wildman–Crippen MR) is 129 cm³/mol. The molecule has 1 saturated heterocycles. The van der Waals surface area contributed by atoms with Gasteiger partial charge in [-0.15, -0.1) is 0 Å². The van der Waals surface area contributed by atoms with E-state index in [9.17, 15) is 14.9 Å². The van der Waals surface area contributed by atoms with E-state index in [1.54, 1.807) is 36.4 Å². The average molecular weight is 507 g/mol. The highest BCUT2D eigenvalue weighted by atomic mass is 35.5. The van der Waals surface area contributed by atoms with Gasteiger partial charge in [0.2, 0.25) is 0 Å². The highest BCUT2D eigenvalue weighted by molar-refractivity contribution is 8.27. The minimum Gasteiger partial charge on any atom is -0.495 e. The summed E-state index contributed by atoms with van der Waals surface area (Å²) < 4.78 is 11.3. The number of rotatable bonds is 5. The molecule has 1 aliphatic heterocycles. The molecule has 32 heavy (non-hydrogen) atoms. The van der Waals surface area contributed by atoms with Crippen LogP contribution < -0.4 is 9.64 Å². The summed E-state index contributed by atoms with van der Waals surface area (Å²) in [6.45, 7) is 0. The number of amides is 1. The largest absolute Gasteiger partial charge is 0.495 e. The first-order chi connectivity index (χ1) is 15.3. The fourth-order valence-corrected chi connectivity index (χ4v) is 4.75. The molecule has 2 heterocycles. The van der Waals surface area contributed by atoms with Crippen molar-refractivity contribution in [3.8, 4) is 17.1 Å². The van der Waals surface area contributed by atoms with Crippen molar-refractivity contribution in [3.05, 3.63) is 79.4 Å². The number of hydrogen-bond donors (Lipinski definition) is 0. The molecule has 0 N–H and O–H groups in total. The van der Waals surface area contributed by atoms with Crippen LogP contribution in [0.25, 0.3) is 17.4 Å². The molecule has 4 rings (SSSR count). The zero-order valence-electron chi connectivity index (χ0n) is 16.2. The highest BCUT2D eigenvalue weighted by Gasteiger charge is 2.34. The molecule has 11 heteroatoms. The number of nitro groups is 1. The van der Waals surface area contributed by atoms with Gasteiger partial charge < -0.3 is 9.15 Å². The maximum absolute atomic E-state index is 13.0. The maximum atomic E-state index is 13.0. The molecule has 0 spiro atoms. The van der Waals surface area contributed by atoms with Gasteiger partial charge in [-0.2, -0.15) is 0 Å². The Bertz CT molecular complexity index is 1310. The van der Waals surface area contributed by atoms with Crippen LogP contribution in [0.5, 0.6) is 5.75 Å². The van der Waals surface area contributed by atoms with Crippen LogP contribution >= 0.6 is 47.2 Å². The number of thioether (sulfide) groups is 1. The third-order valence-electron chi connectivity index (χ3n) is 4.51. The first kappa shape index (κ1) is 22.3. The zero-order valence-corrected chi connectivity index (χ0v) is 19.3. The summed E-state index contributed by atoms with van der Waals surface area (Å²) in [5.74, 6) is 0.866. The Labute approximate surface area is 201 Å². The van der Waals surface area contributed by atoms with Crippen LogP contribution in [0.15, 0.2) is 57.9 Å². The molecule has 0 aliphatic carbocycles. The number of halogens is 2. The predicted octanol–water partition coefficient (Wildman–Crippen LogP) is 6.58. The summed E-state index contributed by atoms with van der Waals surface area (Å²) in [6, 6.07) is 12.3. The number of carbonyl (C=O) groups excluding carboxylic acids is 1. The lowest BCUT2D eigenvalue weighted by Crippen LogP contribution is -2.27. The Balaban J connectivity index is 1.62. The van der Waals surface area contributed by atoms with Gasteiger partial charge in [-0.05, 0) is 36.4 Å². The summed E-state index contributed by atoms with van der Waals surface area (Å²) >= 11 is 18.9. The number of nitro benzene ring substituents is 1. The summed E-state index contributed by atoms with van der Waals surface area (Å²) in [5, 5.41) is 11.7. The van der Waals surface area contributed by atoms with Gasteiger partial charge in [0.05, 0.1) is 32.7 Å². The third kappa shape index (κ3) is 4.24. The second-order valence-electron chi connectivity index (χ2n) is 6.46. The lowest BCUT2D eigenvalue weighted by Gasteiger charge is -2.15. The van der Waals surface area contributed by atoms with Crippen LogP contribution in [0.2, 0.25) is 10.0 Å². The molecule has 1 aliphatic rings. The fraction of sp³-hybridized carbons (Fsp3) is 0.0476. The van der Waals surface area contributed by atoms with Crippen LogP contribution in [0, 0.1) is 10.1 Å². The van der Waals surface area contributed by atoms with Crippen LogP contribution in [0.1, 0.15) is 5.76 Å². The molecular formula is C21H12Cl2N2O5S2. The topological polar surface area (TPSA) is 85.8 Å². The van der Waals surface area contributed by atoms with Gasteiger partial charge in [0, 0.05) is 23.8 Å². The Morgan fingerprint density at radius 2 is 1.94 bits per heavy atom.